The summed E-state index contributed by atoms with van der Waals surface area (Å²) in [5.74, 6) is 6.53. The van der Waals surface area contributed by atoms with Crippen LogP contribution < -0.4 is 11.3 Å². The first-order valence-corrected chi connectivity index (χ1v) is 6.76. The first kappa shape index (κ1) is 12.6. The van der Waals surface area contributed by atoms with Crippen LogP contribution in [-0.2, 0) is 0 Å². The van der Waals surface area contributed by atoms with Crippen LogP contribution in [0.2, 0.25) is 0 Å². The minimum absolute atomic E-state index is 0.330. The maximum Gasteiger partial charge on any atom is 0.0493 e. The van der Waals surface area contributed by atoms with Gasteiger partial charge in [0.1, 0.15) is 0 Å². The van der Waals surface area contributed by atoms with Gasteiger partial charge >= 0.3 is 0 Å². The van der Waals surface area contributed by atoms with Gasteiger partial charge in [-0.1, -0.05) is 37.5 Å². The summed E-state index contributed by atoms with van der Waals surface area (Å²) in [5.41, 5.74) is 7.21. The van der Waals surface area contributed by atoms with Gasteiger partial charge in [-0.2, -0.15) is 0 Å². The molecule has 2 rings (SSSR count). The molecular weight excluding hydrogens is 208 g/mol. The van der Waals surface area contributed by atoms with Crippen LogP contribution in [0.5, 0.6) is 0 Å². The third-order valence-corrected chi connectivity index (χ3v) is 4.15. The molecule has 0 aliphatic heterocycles. The summed E-state index contributed by atoms with van der Waals surface area (Å²) in [6, 6.07) is 6.84. The van der Waals surface area contributed by atoms with Crippen molar-refractivity contribution in [2.45, 2.75) is 52.0 Å². The Morgan fingerprint density at radius 1 is 1.12 bits per heavy atom. The molecule has 1 fully saturated rings. The summed E-state index contributed by atoms with van der Waals surface area (Å²) in [7, 11) is 0. The lowest BCUT2D eigenvalue weighted by molar-refractivity contribution is 0.272. The molecule has 0 aromatic heterocycles. The summed E-state index contributed by atoms with van der Waals surface area (Å²) in [4.78, 5) is 0. The van der Waals surface area contributed by atoms with E-state index in [0.29, 0.717) is 12.0 Å². The van der Waals surface area contributed by atoms with Gasteiger partial charge in [0, 0.05) is 6.04 Å². The van der Waals surface area contributed by atoms with Gasteiger partial charge in [0.05, 0.1) is 0 Å². The van der Waals surface area contributed by atoms with Crippen LogP contribution >= 0.6 is 0 Å². The van der Waals surface area contributed by atoms with E-state index in [2.05, 4.69) is 37.5 Å². The zero-order chi connectivity index (χ0) is 12.3. The second kappa shape index (κ2) is 5.65. The Kier molecular flexibility index (Phi) is 4.19. The minimum Gasteiger partial charge on any atom is -0.271 e. The highest BCUT2D eigenvalue weighted by molar-refractivity contribution is 5.36. The van der Waals surface area contributed by atoms with Crippen molar-refractivity contribution in [2.24, 2.45) is 11.8 Å². The highest BCUT2D eigenvalue weighted by Gasteiger charge is 2.26. The third-order valence-electron chi connectivity index (χ3n) is 4.15. The van der Waals surface area contributed by atoms with Crippen molar-refractivity contribution in [2.75, 3.05) is 0 Å². The van der Waals surface area contributed by atoms with Crippen molar-refractivity contribution in [3.63, 3.8) is 0 Å². The van der Waals surface area contributed by atoms with Crippen molar-refractivity contribution < 1.29 is 0 Å². The van der Waals surface area contributed by atoms with E-state index in [1.165, 1.54) is 48.8 Å². The molecular formula is C15H24N2. The molecule has 1 aromatic rings. The number of hydrogen-bond acceptors (Lipinski definition) is 2. The van der Waals surface area contributed by atoms with Crippen LogP contribution in [0, 0.1) is 19.8 Å². The molecule has 94 valence electrons. The SMILES string of the molecule is Cc1cccc(C)c1C(NN)C1CCCCC1. The Bertz CT molecular complexity index is 347. The van der Waals surface area contributed by atoms with Crippen LogP contribution in [0.3, 0.4) is 0 Å². The van der Waals surface area contributed by atoms with Crippen LogP contribution in [0.25, 0.3) is 0 Å². The molecule has 0 saturated heterocycles. The summed E-state index contributed by atoms with van der Waals surface area (Å²) in [6.45, 7) is 4.38. The zero-order valence-corrected chi connectivity index (χ0v) is 11.0. The second-order valence-corrected chi connectivity index (χ2v) is 5.35. The molecule has 0 bridgehead atoms. The van der Waals surface area contributed by atoms with Crippen LogP contribution in [-0.4, -0.2) is 0 Å². The van der Waals surface area contributed by atoms with Crippen molar-refractivity contribution in [1.29, 1.82) is 0 Å². The molecule has 1 aliphatic carbocycles. The largest absolute Gasteiger partial charge is 0.271 e. The molecule has 3 N–H and O–H groups in total. The number of rotatable bonds is 3. The Morgan fingerprint density at radius 3 is 2.24 bits per heavy atom. The van der Waals surface area contributed by atoms with Crippen molar-refractivity contribution >= 4 is 0 Å². The molecule has 0 amide bonds. The van der Waals surface area contributed by atoms with Crippen LogP contribution in [0.15, 0.2) is 18.2 Å². The molecule has 0 spiro atoms. The van der Waals surface area contributed by atoms with E-state index in [1.54, 1.807) is 0 Å². The summed E-state index contributed by atoms with van der Waals surface area (Å²) in [6.07, 6.45) is 6.72. The Balaban J connectivity index is 2.27. The van der Waals surface area contributed by atoms with Crippen molar-refractivity contribution in [3.05, 3.63) is 34.9 Å². The highest BCUT2D eigenvalue weighted by Crippen LogP contribution is 2.36. The number of aryl methyl sites for hydroxylation is 2. The van der Waals surface area contributed by atoms with Gasteiger partial charge in [0.15, 0.2) is 0 Å². The van der Waals surface area contributed by atoms with Gasteiger partial charge in [0.25, 0.3) is 0 Å². The van der Waals surface area contributed by atoms with Crippen molar-refractivity contribution in [3.8, 4) is 0 Å². The van der Waals surface area contributed by atoms with E-state index in [0.717, 1.165) is 0 Å². The Hall–Kier alpha value is -0.860. The third kappa shape index (κ3) is 2.70. The lowest BCUT2D eigenvalue weighted by Gasteiger charge is -2.32. The van der Waals surface area contributed by atoms with E-state index in [1.807, 2.05) is 0 Å². The molecule has 0 heterocycles. The molecule has 1 aromatic carbocycles. The molecule has 1 saturated carbocycles. The van der Waals surface area contributed by atoms with E-state index in [-0.39, 0.29) is 0 Å². The average molecular weight is 232 g/mol. The Labute approximate surface area is 105 Å². The molecule has 1 aliphatic rings. The number of hydrogen-bond donors (Lipinski definition) is 2. The minimum atomic E-state index is 0.330. The quantitative estimate of drug-likeness (QED) is 0.619. The molecule has 0 radical (unpaired) electrons. The first-order chi connectivity index (χ1) is 8.24. The lowest BCUT2D eigenvalue weighted by Crippen LogP contribution is -2.35. The van der Waals surface area contributed by atoms with E-state index in [4.69, 9.17) is 5.84 Å². The second-order valence-electron chi connectivity index (χ2n) is 5.35. The van der Waals surface area contributed by atoms with Gasteiger partial charge in [-0.25, -0.2) is 0 Å². The topological polar surface area (TPSA) is 38.0 Å². The maximum absolute atomic E-state index is 5.82. The smallest absolute Gasteiger partial charge is 0.0493 e. The predicted octanol–water partition coefficient (Wildman–Crippen LogP) is 3.39. The standard InChI is InChI=1S/C15H24N2/c1-11-7-6-8-12(2)14(11)15(17-16)13-9-4-3-5-10-13/h6-8,13,15,17H,3-5,9-10,16H2,1-2H3. The predicted molar refractivity (Wildman–Crippen MR) is 72.6 cm³/mol. The fourth-order valence-electron chi connectivity index (χ4n) is 3.24. The van der Waals surface area contributed by atoms with E-state index >= 15 is 0 Å². The van der Waals surface area contributed by atoms with Gasteiger partial charge in [-0.15, -0.1) is 0 Å². The number of nitrogens with two attached hydrogens (primary N) is 1. The van der Waals surface area contributed by atoms with Crippen LogP contribution in [0.4, 0.5) is 0 Å². The molecule has 1 atom stereocenters. The van der Waals surface area contributed by atoms with E-state index in [9.17, 15) is 0 Å². The molecule has 1 unspecified atom stereocenters. The summed E-state index contributed by atoms with van der Waals surface area (Å²) in [5, 5.41) is 0. The summed E-state index contributed by atoms with van der Waals surface area (Å²) < 4.78 is 0. The van der Waals surface area contributed by atoms with E-state index < -0.39 is 0 Å². The number of hydrazine groups is 1. The lowest BCUT2D eigenvalue weighted by atomic mass is 9.79. The average Bonchev–Trinajstić information content (AvgIpc) is 2.35. The van der Waals surface area contributed by atoms with Crippen LogP contribution in [0.1, 0.15) is 54.8 Å². The molecule has 2 heteroatoms. The van der Waals surface area contributed by atoms with Gasteiger partial charge in [-0.05, 0) is 49.3 Å². The van der Waals surface area contributed by atoms with Crippen molar-refractivity contribution in [1.82, 2.24) is 5.43 Å². The number of nitrogens with one attached hydrogen (secondary N) is 1. The normalized spacial score (nSPS) is 19.2. The van der Waals surface area contributed by atoms with Gasteiger partial charge in [-0.3, -0.25) is 11.3 Å². The fourth-order valence-corrected chi connectivity index (χ4v) is 3.24. The fraction of sp³-hybridized carbons (Fsp3) is 0.600. The molecule has 2 nitrogen and oxygen atoms in total. The van der Waals surface area contributed by atoms with Gasteiger partial charge < -0.3 is 0 Å². The first-order valence-electron chi connectivity index (χ1n) is 6.76. The zero-order valence-electron chi connectivity index (χ0n) is 11.0. The maximum atomic E-state index is 5.82. The Morgan fingerprint density at radius 2 is 1.71 bits per heavy atom. The molecule has 17 heavy (non-hydrogen) atoms. The number of benzene rings is 1. The summed E-state index contributed by atoms with van der Waals surface area (Å²) >= 11 is 0. The highest BCUT2D eigenvalue weighted by atomic mass is 15.2. The monoisotopic (exact) mass is 232 g/mol. The van der Waals surface area contributed by atoms with Gasteiger partial charge in [0.2, 0.25) is 0 Å².